The summed E-state index contributed by atoms with van der Waals surface area (Å²) in [5.74, 6) is -1.87. The second kappa shape index (κ2) is 9.43. The average Bonchev–Trinajstić information content (AvgIpc) is 1.88. The third-order valence-corrected chi connectivity index (χ3v) is 0.730. The maximum absolute atomic E-state index is 9.60. The summed E-state index contributed by atoms with van der Waals surface area (Å²) in [4.78, 5) is 19.2. The third-order valence-electron chi connectivity index (χ3n) is 0.730. The van der Waals surface area contributed by atoms with Crippen LogP contribution in [0.5, 0.6) is 0 Å². The predicted octanol–water partition coefficient (Wildman–Crippen LogP) is 1.29. The van der Waals surface area contributed by atoms with Crippen LogP contribution in [0, 0.1) is 0 Å². The van der Waals surface area contributed by atoms with Crippen LogP contribution in [0.1, 0.15) is 13.8 Å². The van der Waals surface area contributed by atoms with E-state index < -0.39 is 11.9 Å². The molecule has 4 nitrogen and oxygen atoms in total. The van der Waals surface area contributed by atoms with Crippen LogP contribution in [0.3, 0.4) is 0 Å². The minimum absolute atomic E-state index is 0. The first-order valence-electron chi connectivity index (χ1n) is 3.06. The molecule has 0 saturated carbocycles. The van der Waals surface area contributed by atoms with Crippen molar-refractivity contribution < 1.29 is 47.1 Å². The number of hydrogen-bond donors (Lipinski definition) is 2. The van der Waals surface area contributed by atoms with Crippen LogP contribution in [-0.4, -0.2) is 22.2 Å². The summed E-state index contributed by atoms with van der Waals surface area (Å²) in [6.07, 6.45) is 0. The molecule has 0 rings (SSSR count). The molecule has 0 radical (unpaired) electrons. The van der Waals surface area contributed by atoms with Crippen molar-refractivity contribution in [2.45, 2.75) is 13.8 Å². The molecule has 5 heteroatoms. The minimum Gasteiger partial charge on any atom is -0.478 e. The number of hydrogen-bond acceptors (Lipinski definition) is 2. The first-order valence-corrected chi connectivity index (χ1v) is 3.06. The molecule has 0 atom stereocenters. The van der Waals surface area contributed by atoms with Gasteiger partial charge in [-0.05, 0) is 13.8 Å². The second-order valence-corrected chi connectivity index (χ2v) is 2.17. The average molecular weight is 285 g/mol. The molecular weight excluding hydrogens is 272 g/mol. The Morgan fingerprint density at radius 2 is 1.00 bits per heavy atom. The van der Waals surface area contributed by atoms with Crippen LogP contribution in [0.2, 0.25) is 0 Å². The molecular formula is C8H12CdO4. The Morgan fingerprint density at radius 3 is 1.00 bits per heavy atom. The van der Waals surface area contributed by atoms with Gasteiger partial charge in [0.05, 0.1) is 0 Å². The van der Waals surface area contributed by atoms with Gasteiger partial charge in [-0.3, -0.25) is 0 Å². The van der Waals surface area contributed by atoms with Crippen LogP contribution < -0.4 is 0 Å². The Labute approximate surface area is 97.1 Å². The Hall–Kier alpha value is -0.658. The number of rotatable bonds is 2. The quantitative estimate of drug-likeness (QED) is 0.592. The van der Waals surface area contributed by atoms with Crippen molar-refractivity contribution >= 4 is 11.9 Å². The molecule has 0 spiro atoms. The van der Waals surface area contributed by atoms with Gasteiger partial charge in [-0.1, -0.05) is 13.2 Å². The van der Waals surface area contributed by atoms with E-state index >= 15 is 0 Å². The van der Waals surface area contributed by atoms with E-state index in [0.29, 0.717) is 0 Å². The van der Waals surface area contributed by atoms with Gasteiger partial charge in [0.25, 0.3) is 0 Å². The first-order chi connectivity index (χ1) is 5.29. The van der Waals surface area contributed by atoms with E-state index in [0.717, 1.165) is 0 Å². The predicted molar refractivity (Wildman–Crippen MR) is 44.9 cm³/mol. The number of carbonyl (C=O) groups is 2. The smallest absolute Gasteiger partial charge is 0.330 e. The zero-order chi connectivity index (χ0) is 10.3. The summed E-state index contributed by atoms with van der Waals surface area (Å²) in [5, 5.41) is 15.8. The van der Waals surface area contributed by atoms with Gasteiger partial charge >= 0.3 is 11.9 Å². The number of carboxylic acids is 2. The molecule has 0 saturated heterocycles. The molecule has 70 valence electrons. The van der Waals surface area contributed by atoms with Crippen molar-refractivity contribution in [3.63, 3.8) is 0 Å². The topological polar surface area (TPSA) is 74.6 Å². The van der Waals surface area contributed by atoms with Gasteiger partial charge in [-0.2, -0.15) is 0 Å². The standard InChI is InChI=1S/2C4H6O2.Cd/c2*1-3(2)4(5)6;/h2*1H2,2H3,(H,5,6);. The Bertz CT molecular complexity index is 172. The van der Waals surface area contributed by atoms with E-state index in [9.17, 15) is 9.59 Å². The van der Waals surface area contributed by atoms with Gasteiger partial charge in [0.15, 0.2) is 0 Å². The third kappa shape index (κ3) is 18.4. The van der Waals surface area contributed by atoms with Gasteiger partial charge < -0.3 is 10.2 Å². The van der Waals surface area contributed by atoms with Crippen LogP contribution in [0.4, 0.5) is 0 Å². The van der Waals surface area contributed by atoms with E-state index in [2.05, 4.69) is 13.2 Å². The van der Waals surface area contributed by atoms with Crippen molar-refractivity contribution in [3.05, 3.63) is 24.3 Å². The van der Waals surface area contributed by atoms with Crippen molar-refractivity contribution in [1.29, 1.82) is 0 Å². The van der Waals surface area contributed by atoms with Gasteiger partial charge in [-0.15, -0.1) is 0 Å². The molecule has 0 bridgehead atoms. The van der Waals surface area contributed by atoms with Crippen molar-refractivity contribution in [1.82, 2.24) is 0 Å². The van der Waals surface area contributed by atoms with Gasteiger partial charge in [0.2, 0.25) is 0 Å². The van der Waals surface area contributed by atoms with Crippen LogP contribution in [-0.2, 0) is 36.9 Å². The summed E-state index contributed by atoms with van der Waals surface area (Å²) < 4.78 is 0. The Balaban J connectivity index is -0.000000143. The van der Waals surface area contributed by atoms with E-state index in [1.54, 1.807) is 0 Å². The summed E-state index contributed by atoms with van der Waals surface area (Å²) in [5.41, 5.74) is 0.352. The minimum atomic E-state index is -0.935. The van der Waals surface area contributed by atoms with Crippen LogP contribution in [0.25, 0.3) is 0 Å². The van der Waals surface area contributed by atoms with E-state index in [4.69, 9.17) is 10.2 Å². The van der Waals surface area contributed by atoms with E-state index in [1.165, 1.54) is 13.8 Å². The molecule has 0 fully saturated rings. The summed E-state index contributed by atoms with van der Waals surface area (Å²) >= 11 is 0. The normalized spacial score (nSPS) is 6.92. The first kappa shape index (κ1) is 18.2. The summed E-state index contributed by atoms with van der Waals surface area (Å²) in [6.45, 7) is 9.20. The van der Waals surface area contributed by atoms with Gasteiger partial charge in [0, 0.05) is 38.4 Å². The fourth-order valence-corrected chi connectivity index (χ4v) is 0. The van der Waals surface area contributed by atoms with Crippen LogP contribution in [0.15, 0.2) is 24.3 Å². The maximum atomic E-state index is 9.60. The second-order valence-electron chi connectivity index (χ2n) is 2.17. The zero-order valence-corrected chi connectivity index (χ0v) is 11.9. The van der Waals surface area contributed by atoms with Crippen LogP contribution >= 0.6 is 0 Å². The molecule has 0 unspecified atom stereocenters. The summed E-state index contributed by atoms with van der Waals surface area (Å²) in [7, 11) is 0. The molecule has 0 aliphatic rings. The molecule has 0 aromatic heterocycles. The molecule has 0 aliphatic carbocycles. The van der Waals surface area contributed by atoms with Crippen molar-refractivity contribution in [2.75, 3.05) is 0 Å². The maximum Gasteiger partial charge on any atom is 0.330 e. The Kier molecular flexibility index (Phi) is 13.2. The fraction of sp³-hybridized carbons (Fsp3) is 0.250. The molecule has 0 amide bonds. The molecule has 0 aromatic rings. The number of aliphatic carboxylic acids is 2. The molecule has 0 aromatic carbocycles. The SMILES string of the molecule is C=C(C)C(=O)O.C=C(C)C(=O)O.[Cd]. The molecule has 13 heavy (non-hydrogen) atoms. The molecule has 0 aliphatic heterocycles. The molecule has 2 N–H and O–H groups in total. The fourth-order valence-electron chi connectivity index (χ4n) is 0. The summed E-state index contributed by atoms with van der Waals surface area (Å²) in [6, 6.07) is 0. The van der Waals surface area contributed by atoms with Crippen molar-refractivity contribution in [3.8, 4) is 0 Å². The Morgan fingerprint density at radius 1 is 0.923 bits per heavy atom. The van der Waals surface area contributed by atoms with Gasteiger partial charge in [0.1, 0.15) is 0 Å². The van der Waals surface area contributed by atoms with Crippen molar-refractivity contribution in [2.24, 2.45) is 0 Å². The van der Waals surface area contributed by atoms with Gasteiger partial charge in [-0.25, -0.2) is 9.59 Å². The van der Waals surface area contributed by atoms with E-state index in [-0.39, 0.29) is 38.4 Å². The van der Waals surface area contributed by atoms with E-state index in [1.807, 2.05) is 0 Å². The largest absolute Gasteiger partial charge is 0.478 e. The monoisotopic (exact) mass is 286 g/mol. The molecule has 0 heterocycles. The zero-order valence-electron chi connectivity index (χ0n) is 7.83. The number of carboxylic acid groups (broad SMARTS) is 2.